The average Bonchev–Trinajstić information content (AvgIpc) is 2.40. The van der Waals surface area contributed by atoms with Gasteiger partial charge in [0.2, 0.25) is 5.91 Å². The fourth-order valence-electron chi connectivity index (χ4n) is 2.08. The summed E-state index contributed by atoms with van der Waals surface area (Å²) in [5.41, 5.74) is 2.09. The first-order valence-electron chi connectivity index (χ1n) is 6.14. The Morgan fingerprint density at radius 3 is 3.00 bits per heavy atom. The molecule has 1 aliphatic rings. The van der Waals surface area contributed by atoms with Crippen LogP contribution in [0, 0.1) is 18.3 Å². The summed E-state index contributed by atoms with van der Waals surface area (Å²) in [5.74, 6) is 1.08. The van der Waals surface area contributed by atoms with Crippen molar-refractivity contribution < 1.29 is 4.79 Å². The summed E-state index contributed by atoms with van der Waals surface area (Å²) in [4.78, 5) is 12.1. The number of rotatable bonds is 2. The normalized spacial score (nSPS) is 19.0. The van der Waals surface area contributed by atoms with E-state index in [1.807, 2.05) is 19.1 Å². The van der Waals surface area contributed by atoms with Crippen molar-refractivity contribution in [2.24, 2.45) is 0 Å². The molecule has 0 aliphatic carbocycles. The zero-order valence-electron chi connectivity index (χ0n) is 10.4. The van der Waals surface area contributed by atoms with Gasteiger partial charge in [-0.15, -0.1) is 11.8 Å². The lowest BCUT2D eigenvalue weighted by molar-refractivity contribution is -0.115. The highest BCUT2D eigenvalue weighted by Gasteiger charge is 2.22. The van der Waals surface area contributed by atoms with Crippen LogP contribution < -0.4 is 5.32 Å². The van der Waals surface area contributed by atoms with Crippen molar-refractivity contribution in [1.82, 2.24) is 0 Å². The van der Waals surface area contributed by atoms with E-state index in [2.05, 4.69) is 11.4 Å². The predicted molar refractivity (Wildman–Crippen MR) is 74.6 cm³/mol. The fourth-order valence-corrected chi connectivity index (χ4v) is 3.28. The van der Waals surface area contributed by atoms with Crippen LogP contribution in [0.5, 0.6) is 0 Å². The highest BCUT2D eigenvalue weighted by molar-refractivity contribution is 8.00. The molecule has 0 spiro atoms. The van der Waals surface area contributed by atoms with Gasteiger partial charge in [-0.2, -0.15) is 5.26 Å². The highest BCUT2D eigenvalue weighted by atomic mass is 32.2. The number of carbonyl (C=O) groups is 1. The number of amides is 1. The van der Waals surface area contributed by atoms with Gasteiger partial charge in [-0.05, 0) is 37.1 Å². The van der Waals surface area contributed by atoms with E-state index in [-0.39, 0.29) is 11.2 Å². The van der Waals surface area contributed by atoms with Gasteiger partial charge in [0.15, 0.2) is 0 Å². The maximum absolute atomic E-state index is 12.1. The summed E-state index contributed by atoms with van der Waals surface area (Å²) in [6.07, 6.45) is 3.25. The van der Waals surface area contributed by atoms with Crippen LogP contribution in [0.1, 0.15) is 30.4 Å². The van der Waals surface area contributed by atoms with Gasteiger partial charge in [0.25, 0.3) is 0 Å². The van der Waals surface area contributed by atoms with Crippen LogP contribution in [-0.4, -0.2) is 16.9 Å². The maximum Gasteiger partial charge on any atom is 0.237 e. The average molecular weight is 260 g/mol. The first-order valence-corrected chi connectivity index (χ1v) is 7.19. The molecule has 0 radical (unpaired) electrons. The number of hydrogen-bond donors (Lipinski definition) is 1. The lowest BCUT2D eigenvalue weighted by Gasteiger charge is -2.20. The van der Waals surface area contributed by atoms with Crippen LogP contribution in [0.3, 0.4) is 0 Å². The molecule has 1 N–H and O–H groups in total. The van der Waals surface area contributed by atoms with Gasteiger partial charge in [-0.3, -0.25) is 4.79 Å². The molecule has 1 saturated heterocycles. The van der Waals surface area contributed by atoms with E-state index in [0.29, 0.717) is 11.3 Å². The molecular weight excluding hydrogens is 244 g/mol. The standard InChI is InChI=1S/C14H16N2OS/c1-10-5-4-6-12(11(10)9-15)16-14(17)13-7-2-3-8-18-13/h4-6,13H,2-3,7-8H2,1H3,(H,16,17). The Bertz CT molecular complexity index is 487. The molecule has 0 aromatic heterocycles. The van der Waals surface area contributed by atoms with Crippen LogP contribution in [-0.2, 0) is 4.79 Å². The number of anilines is 1. The Kier molecular flexibility index (Phi) is 4.27. The van der Waals surface area contributed by atoms with Crippen molar-refractivity contribution >= 4 is 23.4 Å². The zero-order valence-corrected chi connectivity index (χ0v) is 11.2. The molecule has 1 heterocycles. The van der Waals surface area contributed by atoms with Crippen molar-refractivity contribution in [3.8, 4) is 6.07 Å². The number of carbonyl (C=O) groups excluding carboxylic acids is 1. The lowest BCUT2D eigenvalue weighted by atomic mass is 10.1. The fraction of sp³-hybridized carbons (Fsp3) is 0.429. The summed E-state index contributed by atoms with van der Waals surface area (Å²) in [6, 6.07) is 7.68. The Hall–Kier alpha value is -1.47. The molecule has 1 aliphatic heterocycles. The van der Waals surface area contributed by atoms with Crippen molar-refractivity contribution in [2.45, 2.75) is 31.4 Å². The molecule has 1 aromatic carbocycles. The van der Waals surface area contributed by atoms with Crippen molar-refractivity contribution in [2.75, 3.05) is 11.1 Å². The molecule has 0 saturated carbocycles. The molecule has 1 fully saturated rings. The predicted octanol–water partition coefficient (Wildman–Crippen LogP) is 3.09. The number of benzene rings is 1. The Balaban J connectivity index is 2.12. The summed E-state index contributed by atoms with van der Waals surface area (Å²) in [7, 11) is 0. The monoisotopic (exact) mass is 260 g/mol. The van der Waals surface area contributed by atoms with E-state index in [9.17, 15) is 4.79 Å². The molecule has 4 heteroatoms. The second-order valence-electron chi connectivity index (χ2n) is 4.45. The molecule has 3 nitrogen and oxygen atoms in total. The number of aryl methyl sites for hydroxylation is 1. The summed E-state index contributed by atoms with van der Waals surface area (Å²) >= 11 is 1.71. The Labute approximate surface area is 112 Å². The summed E-state index contributed by atoms with van der Waals surface area (Å²) < 4.78 is 0. The molecule has 2 rings (SSSR count). The van der Waals surface area contributed by atoms with Crippen LogP contribution in [0.4, 0.5) is 5.69 Å². The van der Waals surface area contributed by atoms with Gasteiger partial charge < -0.3 is 5.32 Å². The second kappa shape index (κ2) is 5.92. The Morgan fingerprint density at radius 1 is 1.50 bits per heavy atom. The topological polar surface area (TPSA) is 52.9 Å². The minimum Gasteiger partial charge on any atom is -0.324 e. The Morgan fingerprint density at radius 2 is 2.33 bits per heavy atom. The third-order valence-electron chi connectivity index (χ3n) is 3.11. The molecule has 0 bridgehead atoms. The van der Waals surface area contributed by atoms with E-state index in [4.69, 9.17) is 5.26 Å². The minimum absolute atomic E-state index is 0.0294. The number of nitrogens with zero attached hydrogens (tertiary/aromatic N) is 1. The van der Waals surface area contributed by atoms with E-state index >= 15 is 0 Å². The molecule has 18 heavy (non-hydrogen) atoms. The van der Waals surface area contributed by atoms with Crippen molar-refractivity contribution in [3.05, 3.63) is 29.3 Å². The van der Waals surface area contributed by atoms with Crippen LogP contribution in [0.15, 0.2) is 18.2 Å². The number of thioether (sulfide) groups is 1. The molecule has 1 amide bonds. The first-order chi connectivity index (χ1) is 8.72. The highest BCUT2D eigenvalue weighted by Crippen LogP contribution is 2.27. The number of nitrogens with one attached hydrogen (secondary N) is 1. The molecule has 94 valence electrons. The van der Waals surface area contributed by atoms with E-state index in [1.165, 1.54) is 6.42 Å². The first kappa shape index (κ1) is 13.0. The van der Waals surface area contributed by atoms with Gasteiger partial charge in [-0.1, -0.05) is 18.6 Å². The van der Waals surface area contributed by atoms with Gasteiger partial charge >= 0.3 is 0 Å². The lowest BCUT2D eigenvalue weighted by Crippen LogP contribution is -2.27. The van der Waals surface area contributed by atoms with Gasteiger partial charge in [0.05, 0.1) is 16.5 Å². The van der Waals surface area contributed by atoms with Crippen molar-refractivity contribution in [3.63, 3.8) is 0 Å². The van der Waals surface area contributed by atoms with Gasteiger partial charge in [0, 0.05) is 0 Å². The van der Waals surface area contributed by atoms with E-state index in [1.54, 1.807) is 17.8 Å². The second-order valence-corrected chi connectivity index (χ2v) is 5.76. The van der Waals surface area contributed by atoms with Crippen LogP contribution >= 0.6 is 11.8 Å². The third-order valence-corrected chi connectivity index (χ3v) is 4.49. The van der Waals surface area contributed by atoms with Crippen molar-refractivity contribution in [1.29, 1.82) is 5.26 Å². The van der Waals surface area contributed by atoms with Gasteiger partial charge in [-0.25, -0.2) is 0 Å². The van der Waals surface area contributed by atoms with Crippen LogP contribution in [0.25, 0.3) is 0 Å². The third kappa shape index (κ3) is 2.85. The summed E-state index contributed by atoms with van der Waals surface area (Å²) in [6.45, 7) is 1.88. The SMILES string of the molecule is Cc1cccc(NC(=O)C2CCCCS2)c1C#N. The number of nitriles is 1. The molecular formula is C14H16N2OS. The van der Waals surface area contributed by atoms with E-state index < -0.39 is 0 Å². The smallest absolute Gasteiger partial charge is 0.237 e. The molecule has 1 unspecified atom stereocenters. The zero-order chi connectivity index (χ0) is 13.0. The van der Waals surface area contributed by atoms with Crippen LogP contribution in [0.2, 0.25) is 0 Å². The summed E-state index contributed by atoms with van der Waals surface area (Å²) in [5, 5.41) is 12.0. The number of hydrogen-bond acceptors (Lipinski definition) is 3. The van der Waals surface area contributed by atoms with Gasteiger partial charge in [0.1, 0.15) is 6.07 Å². The minimum atomic E-state index is 0.0294. The quantitative estimate of drug-likeness (QED) is 0.889. The molecule has 1 atom stereocenters. The largest absolute Gasteiger partial charge is 0.324 e. The molecule has 1 aromatic rings. The maximum atomic E-state index is 12.1. The van der Waals surface area contributed by atoms with E-state index in [0.717, 1.165) is 24.2 Å².